The molecule has 17 heavy (non-hydrogen) atoms. The van der Waals surface area contributed by atoms with Gasteiger partial charge in [-0.2, -0.15) is 0 Å². The Balaban J connectivity index is 1.85. The molecule has 0 radical (unpaired) electrons. The fourth-order valence-electron chi connectivity index (χ4n) is 2.32. The number of nitrogens with zero attached hydrogens (tertiary/aromatic N) is 1. The molecular formula is C13H18Br2N2. The highest BCUT2D eigenvalue weighted by molar-refractivity contribution is 9.11. The van der Waals surface area contributed by atoms with Crippen LogP contribution in [0.4, 0.5) is 5.82 Å². The average Bonchev–Trinajstić information content (AvgIpc) is 2.30. The first kappa shape index (κ1) is 13.3. The molecule has 0 aromatic carbocycles. The number of anilines is 1. The Kier molecular flexibility index (Phi) is 4.86. The summed E-state index contributed by atoms with van der Waals surface area (Å²) in [7, 11) is 0. The van der Waals surface area contributed by atoms with Gasteiger partial charge in [-0.15, -0.1) is 0 Å². The van der Waals surface area contributed by atoms with Crippen molar-refractivity contribution in [2.75, 3.05) is 11.9 Å². The maximum Gasteiger partial charge on any atom is 0.140 e. The summed E-state index contributed by atoms with van der Waals surface area (Å²) in [5.41, 5.74) is 0. The third-order valence-electron chi connectivity index (χ3n) is 3.50. The highest BCUT2D eigenvalue weighted by Crippen LogP contribution is 2.29. The molecule has 1 aliphatic rings. The Labute approximate surface area is 120 Å². The molecule has 4 heteroatoms. The van der Waals surface area contributed by atoms with Crippen molar-refractivity contribution in [3.05, 3.63) is 21.2 Å². The molecule has 94 valence electrons. The normalized spacial score (nSPS) is 24.6. The molecule has 0 atom stereocenters. The van der Waals surface area contributed by atoms with E-state index in [0.717, 1.165) is 33.1 Å². The first-order valence-electron chi connectivity index (χ1n) is 6.20. The maximum atomic E-state index is 4.37. The fourth-order valence-corrected chi connectivity index (χ4v) is 3.45. The number of pyridine rings is 1. The van der Waals surface area contributed by atoms with Gasteiger partial charge in [0.1, 0.15) is 5.82 Å². The van der Waals surface area contributed by atoms with Gasteiger partial charge in [0.15, 0.2) is 0 Å². The lowest BCUT2D eigenvalue weighted by Gasteiger charge is -2.26. The quantitative estimate of drug-likeness (QED) is 0.832. The molecule has 1 aromatic heterocycles. The van der Waals surface area contributed by atoms with E-state index in [9.17, 15) is 0 Å². The van der Waals surface area contributed by atoms with Gasteiger partial charge < -0.3 is 5.32 Å². The smallest absolute Gasteiger partial charge is 0.140 e. The number of hydrogen-bond donors (Lipinski definition) is 1. The molecule has 0 unspecified atom stereocenters. The van der Waals surface area contributed by atoms with E-state index in [-0.39, 0.29) is 0 Å². The van der Waals surface area contributed by atoms with Crippen LogP contribution >= 0.6 is 31.9 Å². The summed E-state index contributed by atoms with van der Waals surface area (Å²) < 4.78 is 2.03. The lowest BCUT2D eigenvalue weighted by atomic mass is 9.83. The molecule has 1 saturated carbocycles. The van der Waals surface area contributed by atoms with Crippen LogP contribution in [0, 0.1) is 11.8 Å². The molecule has 0 amide bonds. The van der Waals surface area contributed by atoms with Crippen LogP contribution in [0.25, 0.3) is 0 Å². The molecule has 2 nitrogen and oxygen atoms in total. The topological polar surface area (TPSA) is 24.9 Å². The van der Waals surface area contributed by atoms with Gasteiger partial charge >= 0.3 is 0 Å². The first-order chi connectivity index (χ1) is 8.15. The Hall–Kier alpha value is -0.0900. The van der Waals surface area contributed by atoms with E-state index in [1.165, 1.54) is 25.7 Å². The van der Waals surface area contributed by atoms with E-state index < -0.39 is 0 Å². The van der Waals surface area contributed by atoms with Gasteiger partial charge in [0.25, 0.3) is 0 Å². The fraction of sp³-hybridized carbons (Fsp3) is 0.615. The minimum absolute atomic E-state index is 0.809. The second-order valence-electron chi connectivity index (χ2n) is 4.99. The van der Waals surface area contributed by atoms with Crippen LogP contribution in [0.1, 0.15) is 32.6 Å². The molecule has 1 N–H and O–H groups in total. The zero-order valence-corrected chi connectivity index (χ0v) is 13.2. The average molecular weight is 362 g/mol. The van der Waals surface area contributed by atoms with E-state index >= 15 is 0 Å². The monoisotopic (exact) mass is 360 g/mol. The third-order valence-corrected chi connectivity index (χ3v) is 4.54. The number of halogens is 2. The van der Waals surface area contributed by atoms with Gasteiger partial charge in [0.05, 0.1) is 4.47 Å². The van der Waals surface area contributed by atoms with Gasteiger partial charge in [-0.05, 0) is 62.6 Å². The van der Waals surface area contributed by atoms with Crippen molar-refractivity contribution in [2.45, 2.75) is 32.6 Å². The van der Waals surface area contributed by atoms with E-state index in [1.807, 2.05) is 12.3 Å². The van der Waals surface area contributed by atoms with Crippen molar-refractivity contribution in [1.82, 2.24) is 4.98 Å². The van der Waals surface area contributed by atoms with Crippen molar-refractivity contribution < 1.29 is 0 Å². The third kappa shape index (κ3) is 3.95. The molecule has 1 aromatic rings. The molecule has 1 heterocycles. The summed E-state index contributed by atoms with van der Waals surface area (Å²) >= 11 is 6.94. The Bertz CT molecular complexity index is 374. The number of nitrogens with one attached hydrogen (secondary N) is 1. The van der Waals surface area contributed by atoms with Gasteiger partial charge in [-0.3, -0.25) is 0 Å². The minimum Gasteiger partial charge on any atom is -0.369 e. The summed E-state index contributed by atoms with van der Waals surface area (Å²) in [6.45, 7) is 3.40. The minimum atomic E-state index is 0.809. The summed E-state index contributed by atoms with van der Waals surface area (Å²) in [6.07, 6.45) is 7.28. The lowest BCUT2D eigenvalue weighted by molar-refractivity contribution is 0.300. The van der Waals surface area contributed by atoms with E-state index in [2.05, 4.69) is 49.1 Å². The van der Waals surface area contributed by atoms with Crippen LogP contribution in [-0.2, 0) is 0 Å². The molecule has 0 bridgehead atoms. The summed E-state index contributed by atoms with van der Waals surface area (Å²) in [5.74, 6) is 2.68. The predicted molar refractivity (Wildman–Crippen MR) is 79.2 cm³/mol. The van der Waals surface area contributed by atoms with Crippen LogP contribution in [0.15, 0.2) is 21.2 Å². The Morgan fingerprint density at radius 3 is 2.65 bits per heavy atom. The molecule has 1 fully saturated rings. The van der Waals surface area contributed by atoms with Crippen molar-refractivity contribution in [1.29, 1.82) is 0 Å². The largest absolute Gasteiger partial charge is 0.369 e. The summed E-state index contributed by atoms with van der Waals surface area (Å²) in [4.78, 5) is 4.37. The van der Waals surface area contributed by atoms with Gasteiger partial charge in [0.2, 0.25) is 0 Å². The maximum absolute atomic E-state index is 4.37. The van der Waals surface area contributed by atoms with Gasteiger partial charge in [0, 0.05) is 17.2 Å². The zero-order chi connectivity index (χ0) is 12.3. The van der Waals surface area contributed by atoms with Crippen molar-refractivity contribution in [3.63, 3.8) is 0 Å². The van der Waals surface area contributed by atoms with Gasteiger partial charge in [-0.25, -0.2) is 4.98 Å². The second-order valence-corrected chi connectivity index (χ2v) is 6.76. The van der Waals surface area contributed by atoms with Gasteiger partial charge in [-0.1, -0.05) is 19.8 Å². The highest BCUT2D eigenvalue weighted by atomic mass is 79.9. The highest BCUT2D eigenvalue weighted by Gasteiger charge is 2.18. The lowest BCUT2D eigenvalue weighted by Crippen LogP contribution is -2.20. The van der Waals surface area contributed by atoms with Crippen molar-refractivity contribution in [2.24, 2.45) is 11.8 Å². The van der Waals surface area contributed by atoms with Crippen LogP contribution in [-0.4, -0.2) is 11.5 Å². The first-order valence-corrected chi connectivity index (χ1v) is 7.78. The van der Waals surface area contributed by atoms with Crippen LogP contribution in [0.5, 0.6) is 0 Å². The van der Waals surface area contributed by atoms with Crippen molar-refractivity contribution in [3.8, 4) is 0 Å². The molecular weight excluding hydrogens is 344 g/mol. The Morgan fingerprint density at radius 1 is 1.29 bits per heavy atom. The molecule has 1 aliphatic carbocycles. The Morgan fingerprint density at radius 2 is 2.00 bits per heavy atom. The SMILES string of the molecule is CC1CCC(CNc2ncc(Br)cc2Br)CC1. The van der Waals surface area contributed by atoms with Crippen LogP contribution in [0.2, 0.25) is 0 Å². The number of hydrogen-bond acceptors (Lipinski definition) is 2. The molecule has 0 aliphatic heterocycles. The number of rotatable bonds is 3. The summed E-state index contributed by atoms with van der Waals surface area (Å²) in [6, 6.07) is 2.03. The van der Waals surface area contributed by atoms with E-state index in [0.29, 0.717) is 0 Å². The van der Waals surface area contributed by atoms with Crippen LogP contribution in [0.3, 0.4) is 0 Å². The molecule has 0 saturated heterocycles. The number of aromatic nitrogens is 1. The van der Waals surface area contributed by atoms with E-state index in [1.54, 1.807) is 0 Å². The second kappa shape index (κ2) is 6.19. The standard InChI is InChI=1S/C13H18Br2N2/c1-9-2-4-10(5-3-9)7-16-13-12(15)6-11(14)8-17-13/h6,8-10H,2-5,7H2,1H3,(H,16,17). The zero-order valence-electron chi connectivity index (χ0n) is 10.0. The molecule has 2 rings (SSSR count). The molecule has 0 spiro atoms. The van der Waals surface area contributed by atoms with Crippen LogP contribution < -0.4 is 5.32 Å². The summed E-state index contributed by atoms with van der Waals surface area (Å²) in [5, 5.41) is 3.45. The predicted octanol–water partition coefficient (Wildman–Crippen LogP) is 4.84. The van der Waals surface area contributed by atoms with E-state index in [4.69, 9.17) is 0 Å². The van der Waals surface area contributed by atoms with Crippen molar-refractivity contribution >= 4 is 37.7 Å².